The van der Waals surface area contributed by atoms with Crippen LogP contribution in [0, 0.1) is 0 Å². The number of amides is 3. The van der Waals surface area contributed by atoms with E-state index < -0.39 is 0 Å². The van der Waals surface area contributed by atoms with E-state index in [9.17, 15) is 9.59 Å². The standard InChI is InChI=1S/C21H28N4O2/c1-16(2)23-21(27)24-19-11-9-18(10-12-19)20(26)25(14-6-13-22)15-17-7-4-3-5-8-17/h3-5,7-12,16H,6,13-15,22H2,1-2H3,(H2,23,24,27). The minimum absolute atomic E-state index is 0.0505. The number of nitrogens with two attached hydrogens (primary N) is 1. The molecule has 2 rings (SSSR count). The van der Waals surface area contributed by atoms with Gasteiger partial charge in [0.25, 0.3) is 5.91 Å². The van der Waals surface area contributed by atoms with Crippen molar-refractivity contribution in [1.29, 1.82) is 0 Å². The van der Waals surface area contributed by atoms with Crippen LogP contribution < -0.4 is 16.4 Å². The lowest BCUT2D eigenvalue weighted by molar-refractivity contribution is 0.0742. The molecular weight excluding hydrogens is 340 g/mol. The Morgan fingerprint density at radius 1 is 1.04 bits per heavy atom. The highest BCUT2D eigenvalue weighted by Gasteiger charge is 2.16. The second kappa shape index (κ2) is 10.3. The van der Waals surface area contributed by atoms with E-state index >= 15 is 0 Å². The molecule has 27 heavy (non-hydrogen) atoms. The summed E-state index contributed by atoms with van der Waals surface area (Å²) in [4.78, 5) is 26.5. The van der Waals surface area contributed by atoms with Crippen molar-refractivity contribution in [3.8, 4) is 0 Å². The topological polar surface area (TPSA) is 87.5 Å². The number of anilines is 1. The summed E-state index contributed by atoms with van der Waals surface area (Å²) in [5.74, 6) is -0.0505. The quantitative estimate of drug-likeness (QED) is 0.668. The summed E-state index contributed by atoms with van der Waals surface area (Å²) in [6.45, 7) is 5.46. The van der Waals surface area contributed by atoms with Gasteiger partial charge in [-0.1, -0.05) is 30.3 Å². The van der Waals surface area contributed by atoms with Gasteiger partial charge < -0.3 is 21.3 Å². The molecule has 6 nitrogen and oxygen atoms in total. The highest BCUT2D eigenvalue weighted by molar-refractivity contribution is 5.95. The smallest absolute Gasteiger partial charge is 0.319 e. The van der Waals surface area contributed by atoms with Crippen LogP contribution in [0.3, 0.4) is 0 Å². The molecule has 0 aliphatic heterocycles. The Morgan fingerprint density at radius 2 is 1.70 bits per heavy atom. The van der Waals surface area contributed by atoms with Crippen LogP contribution in [-0.2, 0) is 6.54 Å². The van der Waals surface area contributed by atoms with Gasteiger partial charge in [-0.3, -0.25) is 4.79 Å². The van der Waals surface area contributed by atoms with Gasteiger partial charge in [0.05, 0.1) is 0 Å². The lowest BCUT2D eigenvalue weighted by atomic mass is 10.1. The van der Waals surface area contributed by atoms with Crippen molar-refractivity contribution in [1.82, 2.24) is 10.2 Å². The zero-order valence-corrected chi connectivity index (χ0v) is 15.9. The summed E-state index contributed by atoms with van der Waals surface area (Å²) in [5.41, 5.74) is 7.92. The van der Waals surface area contributed by atoms with Crippen molar-refractivity contribution < 1.29 is 9.59 Å². The Bertz CT molecular complexity index is 730. The van der Waals surface area contributed by atoms with Crippen LogP contribution in [0.2, 0.25) is 0 Å². The monoisotopic (exact) mass is 368 g/mol. The van der Waals surface area contributed by atoms with Gasteiger partial charge in [0, 0.05) is 30.4 Å². The Balaban J connectivity index is 2.06. The van der Waals surface area contributed by atoms with E-state index in [1.165, 1.54) is 0 Å². The van der Waals surface area contributed by atoms with Gasteiger partial charge in [-0.05, 0) is 56.6 Å². The Labute approximate surface area is 160 Å². The molecule has 2 aromatic rings. The molecular formula is C21H28N4O2. The van der Waals surface area contributed by atoms with Gasteiger partial charge in [-0.2, -0.15) is 0 Å². The fourth-order valence-corrected chi connectivity index (χ4v) is 2.65. The molecule has 0 spiro atoms. The average Bonchev–Trinajstić information content (AvgIpc) is 2.65. The number of rotatable bonds is 8. The first-order valence-electron chi connectivity index (χ1n) is 9.20. The molecule has 0 saturated heterocycles. The van der Waals surface area contributed by atoms with E-state index in [-0.39, 0.29) is 18.0 Å². The predicted octanol–water partition coefficient (Wildman–Crippen LogP) is 3.21. The van der Waals surface area contributed by atoms with E-state index in [0.717, 1.165) is 12.0 Å². The summed E-state index contributed by atoms with van der Waals surface area (Å²) in [7, 11) is 0. The molecule has 0 aliphatic rings. The largest absolute Gasteiger partial charge is 0.336 e. The van der Waals surface area contributed by atoms with Crippen molar-refractivity contribution in [2.45, 2.75) is 32.9 Å². The van der Waals surface area contributed by atoms with Gasteiger partial charge in [0.1, 0.15) is 0 Å². The lowest BCUT2D eigenvalue weighted by Gasteiger charge is -2.23. The van der Waals surface area contributed by atoms with Crippen LogP contribution in [0.25, 0.3) is 0 Å². The summed E-state index contributed by atoms with van der Waals surface area (Å²) in [6, 6.07) is 16.6. The van der Waals surface area contributed by atoms with Crippen molar-refractivity contribution in [2.75, 3.05) is 18.4 Å². The van der Waals surface area contributed by atoms with Gasteiger partial charge >= 0.3 is 6.03 Å². The van der Waals surface area contributed by atoms with E-state index in [0.29, 0.717) is 30.9 Å². The molecule has 2 aromatic carbocycles. The second-order valence-corrected chi connectivity index (χ2v) is 6.69. The summed E-state index contributed by atoms with van der Waals surface area (Å²) in [6.07, 6.45) is 0.744. The van der Waals surface area contributed by atoms with Crippen molar-refractivity contribution >= 4 is 17.6 Å². The molecule has 0 fully saturated rings. The zero-order valence-electron chi connectivity index (χ0n) is 15.9. The zero-order chi connectivity index (χ0) is 19.6. The van der Waals surface area contributed by atoms with Crippen LogP contribution in [-0.4, -0.2) is 36.0 Å². The number of carbonyl (C=O) groups is 2. The van der Waals surface area contributed by atoms with Crippen molar-refractivity contribution in [3.05, 3.63) is 65.7 Å². The van der Waals surface area contributed by atoms with E-state index in [1.807, 2.05) is 44.2 Å². The molecule has 6 heteroatoms. The molecule has 0 aliphatic carbocycles. The number of hydrogen-bond donors (Lipinski definition) is 3. The highest BCUT2D eigenvalue weighted by atomic mass is 16.2. The average molecular weight is 368 g/mol. The number of carbonyl (C=O) groups excluding carboxylic acids is 2. The third-order valence-electron chi connectivity index (χ3n) is 3.95. The molecule has 0 aromatic heterocycles. The molecule has 0 radical (unpaired) electrons. The Morgan fingerprint density at radius 3 is 2.30 bits per heavy atom. The fraction of sp³-hybridized carbons (Fsp3) is 0.333. The molecule has 0 saturated carbocycles. The maximum Gasteiger partial charge on any atom is 0.319 e. The van der Waals surface area contributed by atoms with Gasteiger partial charge in [0.15, 0.2) is 0 Å². The number of nitrogens with zero attached hydrogens (tertiary/aromatic N) is 1. The Hall–Kier alpha value is -2.86. The Kier molecular flexibility index (Phi) is 7.82. The SMILES string of the molecule is CC(C)NC(=O)Nc1ccc(C(=O)N(CCCN)Cc2ccccc2)cc1. The molecule has 3 amide bonds. The first kappa shape index (κ1) is 20.5. The minimum Gasteiger partial charge on any atom is -0.336 e. The maximum atomic E-state index is 12.9. The van der Waals surface area contributed by atoms with Gasteiger partial charge in [-0.15, -0.1) is 0 Å². The molecule has 0 unspecified atom stereocenters. The van der Waals surface area contributed by atoms with Crippen LogP contribution >= 0.6 is 0 Å². The second-order valence-electron chi connectivity index (χ2n) is 6.69. The third-order valence-corrected chi connectivity index (χ3v) is 3.95. The van der Waals surface area contributed by atoms with E-state index in [4.69, 9.17) is 5.73 Å². The normalized spacial score (nSPS) is 10.5. The number of benzene rings is 2. The first-order valence-corrected chi connectivity index (χ1v) is 9.20. The number of urea groups is 1. The molecule has 0 heterocycles. The molecule has 4 N–H and O–H groups in total. The van der Waals surface area contributed by atoms with Crippen molar-refractivity contribution in [2.24, 2.45) is 5.73 Å². The summed E-state index contributed by atoms with van der Waals surface area (Å²) in [5, 5.41) is 5.51. The van der Waals surface area contributed by atoms with Crippen LogP contribution in [0.5, 0.6) is 0 Å². The summed E-state index contributed by atoms with van der Waals surface area (Å²) < 4.78 is 0. The van der Waals surface area contributed by atoms with Crippen molar-refractivity contribution in [3.63, 3.8) is 0 Å². The number of nitrogens with one attached hydrogen (secondary N) is 2. The fourth-order valence-electron chi connectivity index (χ4n) is 2.65. The van der Waals surface area contributed by atoms with E-state index in [1.54, 1.807) is 29.2 Å². The van der Waals surface area contributed by atoms with Gasteiger partial charge in [0.2, 0.25) is 0 Å². The van der Waals surface area contributed by atoms with E-state index in [2.05, 4.69) is 10.6 Å². The minimum atomic E-state index is -0.266. The molecule has 0 atom stereocenters. The first-order chi connectivity index (χ1) is 13.0. The summed E-state index contributed by atoms with van der Waals surface area (Å²) >= 11 is 0. The van der Waals surface area contributed by atoms with Crippen LogP contribution in [0.15, 0.2) is 54.6 Å². The third kappa shape index (κ3) is 6.75. The highest BCUT2D eigenvalue weighted by Crippen LogP contribution is 2.14. The van der Waals surface area contributed by atoms with Crippen LogP contribution in [0.4, 0.5) is 10.5 Å². The molecule has 144 valence electrons. The molecule has 0 bridgehead atoms. The van der Waals surface area contributed by atoms with Crippen LogP contribution in [0.1, 0.15) is 36.2 Å². The number of hydrogen-bond acceptors (Lipinski definition) is 3. The lowest BCUT2D eigenvalue weighted by Crippen LogP contribution is -2.34. The maximum absolute atomic E-state index is 12.9. The predicted molar refractivity (Wildman–Crippen MR) is 109 cm³/mol. The van der Waals surface area contributed by atoms with Gasteiger partial charge in [-0.25, -0.2) is 4.79 Å².